The van der Waals surface area contributed by atoms with Crippen LogP contribution in [0.4, 0.5) is 0 Å². The van der Waals surface area contributed by atoms with Crippen molar-refractivity contribution in [1.29, 1.82) is 0 Å². The fourth-order valence-corrected chi connectivity index (χ4v) is 2.24. The standard InChI is InChI=1S/C13H14N2O4/c1-19-11-7(3-2-4-9(11)12(14)17)8-5-6-10(16)15-13(8)18/h2-4,8H,5-6H2,1H3,(H2,14,17)(H,15,16,18)/t8-/m1/s1. The molecule has 2 rings (SSSR count). The highest BCUT2D eigenvalue weighted by atomic mass is 16.5. The molecule has 100 valence electrons. The molecule has 0 bridgehead atoms. The SMILES string of the molecule is COc1c(C(N)=O)cccc1[C@H]1CCC(=O)NC1=O. The van der Waals surface area contributed by atoms with Crippen LogP contribution in [0.2, 0.25) is 0 Å². The lowest BCUT2D eigenvalue weighted by molar-refractivity contribution is -0.134. The van der Waals surface area contributed by atoms with Crippen LogP contribution in [0.15, 0.2) is 18.2 Å². The molecule has 19 heavy (non-hydrogen) atoms. The Kier molecular flexibility index (Phi) is 3.50. The Morgan fingerprint density at radius 3 is 2.74 bits per heavy atom. The van der Waals surface area contributed by atoms with E-state index in [1.807, 2.05) is 0 Å². The normalized spacial score (nSPS) is 18.9. The summed E-state index contributed by atoms with van der Waals surface area (Å²) in [4.78, 5) is 34.3. The van der Waals surface area contributed by atoms with E-state index in [0.717, 1.165) is 0 Å². The molecule has 0 radical (unpaired) electrons. The Hall–Kier alpha value is -2.37. The molecule has 1 heterocycles. The van der Waals surface area contributed by atoms with Gasteiger partial charge in [0.2, 0.25) is 11.8 Å². The van der Waals surface area contributed by atoms with Crippen LogP contribution in [0.5, 0.6) is 5.75 Å². The van der Waals surface area contributed by atoms with Crippen LogP contribution < -0.4 is 15.8 Å². The Bertz CT molecular complexity index is 554. The lowest BCUT2D eigenvalue weighted by Gasteiger charge is -2.23. The second-order valence-corrected chi connectivity index (χ2v) is 4.30. The molecule has 6 heteroatoms. The summed E-state index contributed by atoms with van der Waals surface area (Å²) in [6, 6.07) is 4.88. The zero-order valence-electron chi connectivity index (χ0n) is 10.4. The van der Waals surface area contributed by atoms with Crippen molar-refractivity contribution in [3.05, 3.63) is 29.3 Å². The first-order valence-corrected chi connectivity index (χ1v) is 5.85. The predicted octanol–water partition coefficient (Wildman–Crippen LogP) is 0.314. The minimum Gasteiger partial charge on any atom is -0.496 e. The van der Waals surface area contributed by atoms with E-state index in [4.69, 9.17) is 10.5 Å². The summed E-state index contributed by atoms with van der Waals surface area (Å²) in [6.07, 6.45) is 0.656. The number of primary amides is 1. The maximum atomic E-state index is 11.9. The van der Waals surface area contributed by atoms with Gasteiger partial charge in [-0.15, -0.1) is 0 Å². The van der Waals surface area contributed by atoms with E-state index in [-0.39, 0.29) is 23.8 Å². The van der Waals surface area contributed by atoms with Gasteiger partial charge >= 0.3 is 0 Å². The number of hydrogen-bond donors (Lipinski definition) is 2. The average Bonchev–Trinajstić information content (AvgIpc) is 2.37. The molecule has 6 nitrogen and oxygen atoms in total. The van der Waals surface area contributed by atoms with E-state index in [1.165, 1.54) is 13.2 Å². The zero-order chi connectivity index (χ0) is 14.0. The van der Waals surface area contributed by atoms with Crippen LogP contribution in [0.1, 0.15) is 34.7 Å². The van der Waals surface area contributed by atoms with E-state index in [0.29, 0.717) is 17.7 Å². The number of nitrogens with two attached hydrogens (primary N) is 1. The number of piperidine rings is 1. The molecule has 0 spiro atoms. The number of amides is 3. The molecule has 1 aliphatic heterocycles. The molecule has 1 fully saturated rings. The molecule has 0 aromatic heterocycles. The van der Waals surface area contributed by atoms with Crippen LogP contribution in [-0.4, -0.2) is 24.8 Å². The van der Waals surface area contributed by atoms with Gasteiger partial charge in [0.25, 0.3) is 5.91 Å². The van der Waals surface area contributed by atoms with E-state index in [9.17, 15) is 14.4 Å². The number of benzene rings is 1. The van der Waals surface area contributed by atoms with Crippen molar-refractivity contribution in [2.75, 3.05) is 7.11 Å². The van der Waals surface area contributed by atoms with Gasteiger partial charge in [-0.25, -0.2) is 0 Å². The van der Waals surface area contributed by atoms with Gasteiger partial charge in [-0.2, -0.15) is 0 Å². The maximum Gasteiger partial charge on any atom is 0.252 e. The minimum absolute atomic E-state index is 0.227. The molecule has 0 aliphatic carbocycles. The molecule has 1 aromatic rings. The third-order valence-corrected chi connectivity index (χ3v) is 3.13. The summed E-state index contributed by atoms with van der Waals surface area (Å²) in [7, 11) is 1.41. The summed E-state index contributed by atoms with van der Waals surface area (Å²) in [5.41, 5.74) is 6.07. The zero-order valence-corrected chi connectivity index (χ0v) is 10.4. The number of ether oxygens (including phenoxy) is 1. The number of imide groups is 1. The fraction of sp³-hybridized carbons (Fsp3) is 0.308. The smallest absolute Gasteiger partial charge is 0.252 e. The quantitative estimate of drug-likeness (QED) is 0.766. The van der Waals surface area contributed by atoms with Gasteiger partial charge in [-0.05, 0) is 12.5 Å². The topological polar surface area (TPSA) is 98.5 Å². The van der Waals surface area contributed by atoms with Gasteiger partial charge in [0.15, 0.2) is 0 Å². The first kappa shape index (κ1) is 13.1. The maximum absolute atomic E-state index is 11.9. The lowest BCUT2D eigenvalue weighted by atomic mass is 9.88. The van der Waals surface area contributed by atoms with Crippen LogP contribution in [-0.2, 0) is 9.59 Å². The van der Waals surface area contributed by atoms with Gasteiger partial charge < -0.3 is 10.5 Å². The number of hydrogen-bond acceptors (Lipinski definition) is 4. The number of para-hydroxylation sites is 1. The molecule has 1 atom stereocenters. The van der Waals surface area contributed by atoms with Crippen molar-refractivity contribution < 1.29 is 19.1 Å². The molecule has 0 saturated carbocycles. The molecule has 0 unspecified atom stereocenters. The highest BCUT2D eigenvalue weighted by molar-refractivity contribution is 6.02. The van der Waals surface area contributed by atoms with Gasteiger partial charge in [-0.3, -0.25) is 19.7 Å². The van der Waals surface area contributed by atoms with E-state index in [1.54, 1.807) is 12.1 Å². The third kappa shape index (κ3) is 2.42. The van der Waals surface area contributed by atoms with Crippen molar-refractivity contribution in [3.8, 4) is 5.75 Å². The molecule has 1 aliphatic rings. The third-order valence-electron chi connectivity index (χ3n) is 3.13. The number of carbonyl (C=O) groups is 3. The Morgan fingerprint density at radius 2 is 2.16 bits per heavy atom. The number of rotatable bonds is 3. The monoisotopic (exact) mass is 262 g/mol. The molecule has 1 saturated heterocycles. The fourth-order valence-electron chi connectivity index (χ4n) is 2.24. The molecular weight excluding hydrogens is 248 g/mol. The van der Waals surface area contributed by atoms with E-state index in [2.05, 4.69) is 5.32 Å². The summed E-state index contributed by atoms with van der Waals surface area (Å²) < 4.78 is 5.20. The second kappa shape index (κ2) is 5.09. The molecule has 3 N–H and O–H groups in total. The van der Waals surface area contributed by atoms with Gasteiger partial charge in [0.05, 0.1) is 18.6 Å². The summed E-state index contributed by atoms with van der Waals surface area (Å²) >= 11 is 0. The van der Waals surface area contributed by atoms with E-state index < -0.39 is 11.8 Å². The first-order valence-electron chi connectivity index (χ1n) is 5.85. The predicted molar refractivity (Wildman–Crippen MR) is 66.6 cm³/mol. The number of nitrogens with one attached hydrogen (secondary N) is 1. The largest absolute Gasteiger partial charge is 0.496 e. The summed E-state index contributed by atoms with van der Waals surface area (Å²) in [5, 5.41) is 2.28. The van der Waals surface area contributed by atoms with Crippen molar-refractivity contribution in [2.45, 2.75) is 18.8 Å². The summed E-state index contributed by atoms with van der Waals surface area (Å²) in [6.45, 7) is 0. The van der Waals surface area contributed by atoms with E-state index >= 15 is 0 Å². The molecular formula is C13H14N2O4. The Labute approximate surface area is 109 Å². The lowest BCUT2D eigenvalue weighted by Crippen LogP contribution is -2.39. The first-order chi connectivity index (χ1) is 9.04. The Morgan fingerprint density at radius 1 is 1.42 bits per heavy atom. The van der Waals surface area contributed by atoms with Crippen LogP contribution in [0.25, 0.3) is 0 Å². The van der Waals surface area contributed by atoms with Gasteiger partial charge in [0.1, 0.15) is 5.75 Å². The highest BCUT2D eigenvalue weighted by Gasteiger charge is 2.31. The highest BCUT2D eigenvalue weighted by Crippen LogP contribution is 2.34. The van der Waals surface area contributed by atoms with Crippen LogP contribution >= 0.6 is 0 Å². The van der Waals surface area contributed by atoms with Crippen molar-refractivity contribution >= 4 is 17.7 Å². The summed E-state index contributed by atoms with van der Waals surface area (Å²) in [5.74, 6) is -1.50. The van der Waals surface area contributed by atoms with Crippen molar-refractivity contribution in [3.63, 3.8) is 0 Å². The number of methoxy groups -OCH3 is 1. The van der Waals surface area contributed by atoms with Gasteiger partial charge in [0, 0.05) is 12.0 Å². The second-order valence-electron chi connectivity index (χ2n) is 4.30. The van der Waals surface area contributed by atoms with Crippen molar-refractivity contribution in [2.24, 2.45) is 5.73 Å². The number of carbonyl (C=O) groups excluding carboxylic acids is 3. The average molecular weight is 262 g/mol. The van der Waals surface area contributed by atoms with Crippen LogP contribution in [0, 0.1) is 0 Å². The van der Waals surface area contributed by atoms with Gasteiger partial charge in [-0.1, -0.05) is 12.1 Å². The van der Waals surface area contributed by atoms with Crippen molar-refractivity contribution in [1.82, 2.24) is 5.32 Å². The molecule has 3 amide bonds. The minimum atomic E-state index is -0.619. The van der Waals surface area contributed by atoms with Crippen LogP contribution in [0.3, 0.4) is 0 Å². The Balaban J connectivity index is 2.45. The molecule has 1 aromatic carbocycles.